The van der Waals surface area contributed by atoms with Crippen LogP contribution in [0.4, 0.5) is 10.8 Å². The standard InChI is InChI=1S/C19H20N4O2S3/c24-16(23-18-20-8-9-26-18)11-27-19-22-14-7-6-13(10-15(14)28-19)21-17(25)12-4-2-1-3-5-12/h6-10,12H,1-5,11H2,(H,21,25)(H,20,23,24). The fraction of sp³-hybridized carbons (Fsp3) is 0.368. The van der Waals surface area contributed by atoms with Crippen molar-refractivity contribution in [1.82, 2.24) is 9.97 Å². The van der Waals surface area contributed by atoms with Crippen LogP contribution in [0.5, 0.6) is 0 Å². The minimum absolute atomic E-state index is 0.0976. The van der Waals surface area contributed by atoms with E-state index in [-0.39, 0.29) is 23.5 Å². The molecule has 6 nitrogen and oxygen atoms in total. The van der Waals surface area contributed by atoms with Gasteiger partial charge in [0.05, 0.1) is 16.0 Å². The number of anilines is 2. The summed E-state index contributed by atoms with van der Waals surface area (Å²) in [6.45, 7) is 0. The highest BCUT2D eigenvalue weighted by Gasteiger charge is 2.21. The van der Waals surface area contributed by atoms with Crippen molar-refractivity contribution in [3.8, 4) is 0 Å². The lowest BCUT2D eigenvalue weighted by Gasteiger charge is -2.20. The summed E-state index contributed by atoms with van der Waals surface area (Å²) in [5.74, 6) is 0.440. The maximum absolute atomic E-state index is 12.4. The average Bonchev–Trinajstić information content (AvgIpc) is 3.36. The number of rotatable bonds is 6. The van der Waals surface area contributed by atoms with Crippen LogP contribution >= 0.6 is 34.4 Å². The molecule has 0 unspecified atom stereocenters. The number of thiazole rings is 2. The van der Waals surface area contributed by atoms with E-state index >= 15 is 0 Å². The Balaban J connectivity index is 1.36. The number of thioether (sulfide) groups is 1. The third-order valence-corrected chi connectivity index (χ3v) is 7.47. The minimum Gasteiger partial charge on any atom is -0.326 e. The number of nitrogens with zero attached hydrogens (tertiary/aromatic N) is 2. The Bertz CT molecular complexity index is 965. The van der Waals surface area contributed by atoms with Crippen LogP contribution in [0.15, 0.2) is 34.1 Å². The molecule has 2 aromatic heterocycles. The molecule has 0 radical (unpaired) electrons. The largest absolute Gasteiger partial charge is 0.326 e. The van der Waals surface area contributed by atoms with Crippen molar-refractivity contribution in [1.29, 1.82) is 0 Å². The Morgan fingerprint density at radius 1 is 1.18 bits per heavy atom. The molecule has 1 aliphatic rings. The van der Waals surface area contributed by atoms with Crippen molar-refractivity contribution >= 4 is 67.3 Å². The first-order chi connectivity index (χ1) is 13.7. The number of nitrogens with one attached hydrogen (secondary N) is 2. The van der Waals surface area contributed by atoms with Crippen molar-refractivity contribution < 1.29 is 9.59 Å². The molecule has 4 rings (SSSR count). The number of fused-ring (bicyclic) bond motifs is 1. The molecular formula is C19H20N4O2S3. The number of carbonyl (C=O) groups is 2. The van der Waals surface area contributed by atoms with Gasteiger partial charge in [0.1, 0.15) is 0 Å². The van der Waals surface area contributed by atoms with E-state index in [9.17, 15) is 9.59 Å². The van der Waals surface area contributed by atoms with Crippen molar-refractivity contribution in [3.05, 3.63) is 29.8 Å². The van der Waals surface area contributed by atoms with Crippen LogP contribution in [0, 0.1) is 5.92 Å². The maximum atomic E-state index is 12.4. The highest BCUT2D eigenvalue weighted by atomic mass is 32.2. The monoisotopic (exact) mass is 432 g/mol. The fourth-order valence-electron chi connectivity index (χ4n) is 3.22. The molecule has 1 fully saturated rings. The molecule has 0 spiro atoms. The van der Waals surface area contributed by atoms with Crippen molar-refractivity contribution in [2.75, 3.05) is 16.4 Å². The summed E-state index contributed by atoms with van der Waals surface area (Å²) in [6.07, 6.45) is 7.15. The Morgan fingerprint density at radius 3 is 2.82 bits per heavy atom. The molecule has 146 valence electrons. The molecular weight excluding hydrogens is 412 g/mol. The molecule has 2 heterocycles. The summed E-state index contributed by atoms with van der Waals surface area (Å²) in [6, 6.07) is 5.78. The van der Waals surface area contributed by atoms with Crippen LogP contribution in [-0.2, 0) is 9.59 Å². The molecule has 28 heavy (non-hydrogen) atoms. The van der Waals surface area contributed by atoms with E-state index in [1.807, 2.05) is 23.6 Å². The first kappa shape index (κ1) is 19.4. The van der Waals surface area contributed by atoms with Gasteiger partial charge in [-0.25, -0.2) is 9.97 Å². The third-order valence-electron chi connectivity index (χ3n) is 4.62. The Kier molecular flexibility index (Phi) is 6.23. The van der Waals surface area contributed by atoms with E-state index in [0.717, 1.165) is 45.9 Å². The zero-order valence-corrected chi connectivity index (χ0v) is 17.6. The van der Waals surface area contributed by atoms with Crippen molar-refractivity contribution in [2.24, 2.45) is 5.92 Å². The predicted molar refractivity (Wildman–Crippen MR) is 116 cm³/mol. The first-order valence-corrected chi connectivity index (χ1v) is 11.9. The quantitative estimate of drug-likeness (QED) is 0.535. The van der Waals surface area contributed by atoms with Crippen LogP contribution in [0.2, 0.25) is 0 Å². The van der Waals surface area contributed by atoms with Gasteiger partial charge in [-0.1, -0.05) is 31.0 Å². The SMILES string of the molecule is O=C(CSc1nc2ccc(NC(=O)C3CCCCC3)cc2s1)Nc1nccs1. The van der Waals surface area contributed by atoms with Gasteiger partial charge in [0.15, 0.2) is 9.47 Å². The van der Waals surface area contributed by atoms with Gasteiger partial charge in [0, 0.05) is 23.2 Å². The molecule has 1 aromatic carbocycles. The fourth-order valence-corrected chi connectivity index (χ4v) is 5.67. The molecule has 0 aliphatic heterocycles. The lowest BCUT2D eigenvalue weighted by Crippen LogP contribution is -2.24. The maximum Gasteiger partial charge on any atom is 0.236 e. The molecule has 0 atom stereocenters. The molecule has 0 bridgehead atoms. The van der Waals surface area contributed by atoms with E-state index in [1.54, 1.807) is 6.20 Å². The summed E-state index contributed by atoms with van der Waals surface area (Å²) in [5, 5.41) is 8.24. The normalized spacial score (nSPS) is 14.9. The van der Waals surface area contributed by atoms with Crippen LogP contribution < -0.4 is 10.6 Å². The molecule has 3 aromatic rings. The Labute approximate surface area is 175 Å². The zero-order valence-electron chi connectivity index (χ0n) is 15.1. The van der Waals surface area contributed by atoms with Gasteiger partial charge < -0.3 is 10.6 Å². The van der Waals surface area contributed by atoms with E-state index in [2.05, 4.69) is 20.6 Å². The smallest absolute Gasteiger partial charge is 0.236 e. The van der Waals surface area contributed by atoms with Crippen LogP contribution in [0.1, 0.15) is 32.1 Å². The predicted octanol–water partition coefficient (Wildman–Crippen LogP) is 5.00. The summed E-state index contributed by atoms with van der Waals surface area (Å²) < 4.78 is 1.84. The van der Waals surface area contributed by atoms with Gasteiger partial charge in [-0.15, -0.1) is 22.7 Å². The van der Waals surface area contributed by atoms with Gasteiger partial charge in [0.25, 0.3) is 0 Å². The van der Waals surface area contributed by atoms with Gasteiger partial charge in [-0.05, 0) is 31.0 Å². The third kappa shape index (κ3) is 4.89. The number of aromatic nitrogens is 2. The topological polar surface area (TPSA) is 84.0 Å². The summed E-state index contributed by atoms with van der Waals surface area (Å²) in [7, 11) is 0. The number of hydrogen-bond acceptors (Lipinski definition) is 7. The minimum atomic E-state index is -0.0976. The van der Waals surface area contributed by atoms with Crippen molar-refractivity contribution in [3.63, 3.8) is 0 Å². The second kappa shape index (κ2) is 9.02. The highest BCUT2D eigenvalue weighted by Crippen LogP contribution is 2.32. The van der Waals surface area contributed by atoms with Crippen LogP contribution in [0.3, 0.4) is 0 Å². The van der Waals surface area contributed by atoms with E-state index in [1.165, 1.54) is 40.9 Å². The summed E-state index contributed by atoms with van der Waals surface area (Å²) in [4.78, 5) is 33.0. The lowest BCUT2D eigenvalue weighted by molar-refractivity contribution is -0.120. The second-order valence-corrected chi connectivity index (χ2v) is 9.81. The number of hydrogen-bond donors (Lipinski definition) is 2. The molecule has 2 N–H and O–H groups in total. The molecule has 1 aliphatic carbocycles. The summed E-state index contributed by atoms with van der Waals surface area (Å²) in [5.41, 5.74) is 1.69. The van der Waals surface area contributed by atoms with Crippen LogP contribution in [0.25, 0.3) is 10.2 Å². The number of benzene rings is 1. The molecule has 2 amide bonds. The molecule has 0 saturated heterocycles. The van der Waals surface area contributed by atoms with E-state index in [4.69, 9.17) is 0 Å². The molecule has 1 saturated carbocycles. The van der Waals surface area contributed by atoms with Gasteiger partial charge >= 0.3 is 0 Å². The van der Waals surface area contributed by atoms with Crippen molar-refractivity contribution in [2.45, 2.75) is 36.4 Å². The number of carbonyl (C=O) groups excluding carboxylic acids is 2. The highest BCUT2D eigenvalue weighted by molar-refractivity contribution is 8.01. The Morgan fingerprint density at radius 2 is 2.04 bits per heavy atom. The Hall–Kier alpha value is -1.97. The second-order valence-electron chi connectivity index (χ2n) is 6.66. The molecule has 9 heteroatoms. The van der Waals surface area contributed by atoms with E-state index in [0.29, 0.717) is 5.13 Å². The zero-order chi connectivity index (χ0) is 19.3. The van der Waals surface area contributed by atoms with Gasteiger partial charge in [-0.2, -0.15) is 0 Å². The number of amides is 2. The van der Waals surface area contributed by atoms with Gasteiger partial charge in [-0.3, -0.25) is 9.59 Å². The van der Waals surface area contributed by atoms with Crippen LogP contribution in [-0.4, -0.2) is 27.5 Å². The van der Waals surface area contributed by atoms with Gasteiger partial charge in [0.2, 0.25) is 11.8 Å². The summed E-state index contributed by atoms with van der Waals surface area (Å²) >= 11 is 4.33. The first-order valence-electron chi connectivity index (χ1n) is 9.21. The average molecular weight is 433 g/mol. The van der Waals surface area contributed by atoms with E-state index < -0.39 is 0 Å². The lowest BCUT2D eigenvalue weighted by atomic mass is 9.88.